The molecular formula is C16H22BrN. The molecule has 2 bridgehead atoms. The summed E-state index contributed by atoms with van der Waals surface area (Å²) in [5, 5.41) is 0. The number of halogens is 1. The van der Waals surface area contributed by atoms with Crippen LogP contribution in [0.5, 0.6) is 0 Å². The van der Waals surface area contributed by atoms with Gasteiger partial charge in [-0.15, -0.1) is 0 Å². The number of hydrogen-bond acceptors (Lipinski definition) is 1. The van der Waals surface area contributed by atoms with E-state index in [1.54, 1.807) is 0 Å². The maximum Gasteiger partial charge on any atom is 0.0300 e. The zero-order chi connectivity index (χ0) is 12.7. The largest absolute Gasteiger partial charge is 0.324 e. The van der Waals surface area contributed by atoms with Gasteiger partial charge in [0.1, 0.15) is 0 Å². The van der Waals surface area contributed by atoms with E-state index in [1.165, 1.54) is 47.7 Å². The van der Waals surface area contributed by atoms with Crippen LogP contribution in [-0.4, -0.2) is 0 Å². The molecule has 2 fully saturated rings. The van der Waals surface area contributed by atoms with Crippen molar-refractivity contribution < 1.29 is 0 Å². The van der Waals surface area contributed by atoms with Crippen LogP contribution in [0.4, 0.5) is 0 Å². The molecule has 98 valence electrons. The first-order valence-electron chi connectivity index (χ1n) is 7.15. The first-order valence-corrected chi connectivity index (χ1v) is 7.95. The fourth-order valence-electron chi connectivity index (χ4n) is 4.14. The Kier molecular flexibility index (Phi) is 3.50. The number of rotatable bonds is 3. The van der Waals surface area contributed by atoms with E-state index in [1.807, 2.05) is 0 Å². The summed E-state index contributed by atoms with van der Waals surface area (Å²) in [6.45, 7) is 2.17. The van der Waals surface area contributed by atoms with Crippen molar-refractivity contribution in [3.63, 3.8) is 0 Å². The van der Waals surface area contributed by atoms with Crippen molar-refractivity contribution in [2.24, 2.45) is 23.5 Å². The van der Waals surface area contributed by atoms with E-state index in [0.717, 1.165) is 17.8 Å². The van der Waals surface area contributed by atoms with Gasteiger partial charge < -0.3 is 5.73 Å². The molecule has 0 heterocycles. The van der Waals surface area contributed by atoms with Gasteiger partial charge in [0.15, 0.2) is 0 Å². The van der Waals surface area contributed by atoms with Gasteiger partial charge in [0, 0.05) is 10.5 Å². The van der Waals surface area contributed by atoms with Crippen molar-refractivity contribution in [1.82, 2.24) is 0 Å². The molecule has 3 rings (SSSR count). The lowest BCUT2D eigenvalue weighted by Crippen LogP contribution is -2.20. The van der Waals surface area contributed by atoms with Crippen molar-refractivity contribution in [2.45, 2.75) is 45.1 Å². The molecule has 0 aliphatic heterocycles. The summed E-state index contributed by atoms with van der Waals surface area (Å²) in [5.41, 5.74) is 9.09. The van der Waals surface area contributed by atoms with E-state index in [-0.39, 0.29) is 6.04 Å². The second-order valence-electron chi connectivity index (χ2n) is 6.23. The molecule has 1 nitrogen and oxygen atoms in total. The smallest absolute Gasteiger partial charge is 0.0300 e. The maximum absolute atomic E-state index is 6.46. The van der Waals surface area contributed by atoms with Crippen LogP contribution < -0.4 is 5.73 Å². The first kappa shape index (κ1) is 12.7. The second kappa shape index (κ2) is 4.97. The zero-order valence-corrected chi connectivity index (χ0v) is 12.6. The van der Waals surface area contributed by atoms with E-state index in [0.29, 0.717) is 0 Å². The highest BCUT2D eigenvalue weighted by atomic mass is 79.9. The van der Waals surface area contributed by atoms with Crippen LogP contribution in [0.2, 0.25) is 0 Å². The Morgan fingerprint density at radius 1 is 1.33 bits per heavy atom. The van der Waals surface area contributed by atoms with Crippen LogP contribution in [0.15, 0.2) is 22.7 Å². The summed E-state index contributed by atoms with van der Waals surface area (Å²) in [4.78, 5) is 0. The average Bonchev–Trinajstić information content (AvgIpc) is 2.94. The molecule has 0 amide bonds. The number of hydrogen-bond donors (Lipinski definition) is 1. The normalized spacial score (nSPS) is 31.8. The van der Waals surface area contributed by atoms with Crippen molar-refractivity contribution in [3.8, 4) is 0 Å². The third-order valence-electron chi connectivity index (χ3n) is 5.15. The zero-order valence-electron chi connectivity index (χ0n) is 11.0. The fourth-order valence-corrected chi connectivity index (χ4v) is 4.53. The van der Waals surface area contributed by atoms with Gasteiger partial charge in [-0.2, -0.15) is 0 Å². The molecule has 4 unspecified atom stereocenters. The monoisotopic (exact) mass is 307 g/mol. The molecule has 0 saturated heterocycles. The molecule has 2 heteroatoms. The molecule has 2 saturated carbocycles. The highest BCUT2D eigenvalue weighted by Gasteiger charge is 2.39. The molecule has 18 heavy (non-hydrogen) atoms. The topological polar surface area (TPSA) is 26.0 Å². The first-order chi connectivity index (χ1) is 8.65. The third kappa shape index (κ3) is 2.25. The Labute approximate surface area is 118 Å². The summed E-state index contributed by atoms with van der Waals surface area (Å²) in [6, 6.07) is 6.61. The molecule has 2 aliphatic carbocycles. The van der Waals surface area contributed by atoms with Crippen LogP contribution in [0.25, 0.3) is 0 Å². The Morgan fingerprint density at radius 2 is 2.17 bits per heavy atom. The Balaban J connectivity index is 1.71. The van der Waals surface area contributed by atoms with Gasteiger partial charge in [-0.3, -0.25) is 0 Å². The lowest BCUT2D eigenvalue weighted by atomic mass is 9.82. The van der Waals surface area contributed by atoms with Crippen molar-refractivity contribution in [3.05, 3.63) is 33.8 Å². The second-order valence-corrected chi connectivity index (χ2v) is 7.09. The highest BCUT2D eigenvalue weighted by molar-refractivity contribution is 9.10. The van der Waals surface area contributed by atoms with Crippen LogP contribution in [0.3, 0.4) is 0 Å². The van der Waals surface area contributed by atoms with Gasteiger partial charge in [0.25, 0.3) is 0 Å². The molecule has 2 aliphatic rings. The molecule has 1 aromatic rings. The highest BCUT2D eigenvalue weighted by Crippen LogP contribution is 2.50. The van der Waals surface area contributed by atoms with Crippen LogP contribution >= 0.6 is 15.9 Å². The summed E-state index contributed by atoms with van der Waals surface area (Å²) in [6.07, 6.45) is 7.03. The van der Waals surface area contributed by atoms with E-state index in [9.17, 15) is 0 Å². The molecule has 0 spiro atoms. The third-order valence-corrected chi connectivity index (χ3v) is 6.01. The molecule has 2 N–H and O–H groups in total. The summed E-state index contributed by atoms with van der Waals surface area (Å²) < 4.78 is 1.18. The molecule has 1 aromatic carbocycles. The minimum atomic E-state index is 0.215. The van der Waals surface area contributed by atoms with Crippen LogP contribution in [0.1, 0.15) is 49.3 Å². The summed E-state index contributed by atoms with van der Waals surface area (Å²) >= 11 is 3.60. The SMILES string of the molecule is Cc1c(Br)cccc1C(N)CC1CC2CCC1C2. The van der Waals surface area contributed by atoms with Gasteiger partial charge in [-0.1, -0.05) is 34.5 Å². The molecular weight excluding hydrogens is 286 g/mol. The van der Waals surface area contributed by atoms with Crippen molar-refractivity contribution in [2.75, 3.05) is 0 Å². The Morgan fingerprint density at radius 3 is 2.83 bits per heavy atom. The molecule has 4 atom stereocenters. The lowest BCUT2D eigenvalue weighted by molar-refractivity contribution is 0.296. The van der Waals surface area contributed by atoms with E-state index < -0.39 is 0 Å². The van der Waals surface area contributed by atoms with Gasteiger partial charge in [0.2, 0.25) is 0 Å². The van der Waals surface area contributed by atoms with E-state index in [4.69, 9.17) is 5.73 Å². The van der Waals surface area contributed by atoms with Crippen LogP contribution in [-0.2, 0) is 0 Å². The van der Waals surface area contributed by atoms with E-state index >= 15 is 0 Å². The van der Waals surface area contributed by atoms with Gasteiger partial charge in [-0.05, 0) is 67.6 Å². The minimum Gasteiger partial charge on any atom is -0.324 e. The summed E-state index contributed by atoms with van der Waals surface area (Å²) in [7, 11) is 0. The fraction of sp³-hybridized carbons (Fsp3) is 0.625. The lowest BCUT2D eigenvalue weighted by Gasteiger charge is -2.25. The average molecular weight is 308 g/mol. The summed E-state index contributed by atoms with van der Waals surface area (Å²) in [5.74, 6) is 2.89. The Hall–Kier alpha value is -0.340. The number of fused-ring (bicyclic) bond motifs is 2. The van der Waals surface area contributed by atoms with E-state index in [2.05, 4.69) is 41.1 Å². The number of nitrogens with two attached hydrogens (primary N) is 1. The van der Waals surface area contributed by atoms with Crippen molar-refractivity contribution >= 4 is 15.9 Å². The molecule has 0 radical (unpaired) electrons. The number of benzene rings is 1. The Bertz CT molecular complexity index is 443. The standard InChI is InChI=1S/C16H22BrN/c1-10-14(3-2-4-15(10)17)16(18)9-13-8-11-5-6-12(13)7-11/h2-4,11-13,16H,5-9,18H2,1H3. The van der Waals surface area contributed by atoms with Crippen molar-refractivity contribution in [1.29, 1.82) is 0 Å². The predicted octanol–water partition coefficient (Wildman–Crippen LogP) is 4.58. The quantitative estimate of drug-likeness (QED) is 0.869. The molecule has 0 aromatic heterocycles. The maximum atomic E-state index is 6.46. The predicted molar refractivity (Wildman–Crippen MR) is 79.4 cm³/mol. The van der Waals surface area contributed by atoms with Crippen LogP contribution in [0, 0.1) is 24.7 Å². The minimum absolute atomic E-state index is 0.215. The van der Waals surface area contributed by atoms with Gasteiger partial charge in [-0.25, -0.2) is 0 Å². The van der Waals surface area contributed by atoms with Gasteiger partial charge >= 0.3 is 0 Å². The van der Waals surface area contributed by atoms with Gasteiger partial charge in [0.05, 0.1) is 0 Å².